The monoisotopic (exact) mass is 326 g/mol. The summed E-state index contributed by atoms with van der Waals surface area (Å²) in [7, 11) is 1.71. The van der Waals surface area contributed by atoms with Crippen molar-refractivity contribution in [2.75, 3.05) is 7.11 Å². The fourth-order valence-electron chi connectivity index (χ4n) is 3.99. The van der Waals surface area contributed by atoms with Gasteiger partial charge in [-0.1, -0.05) is 32.4 Å². The molecule has 2 aliphatic rings. The van der Waals surface area contributed by atoms with E-state index in [9.17, 15) is 5.11 Å². The normalized spacial score (nSPS) is 24.0. The first-order valence-electron chi connectivity index (χ1n) is 8.90. The molecule has 0 bridgehead atoms. The zero-order valence-corrected chi connectivity index (χ0v) is 14.7. The molecule has 2 aromatic rings. The number of aromatic hydroxyl groups is 1. The molecule has 0 radical (unpaired) electrons. The van der Waals surface area contributed by atoms with Crippen molar-refractivity contribution in [2.24, 2.45) is 5.92 Å². The number of hydrogen-bond acceptors (Lipinski definition) is 3. The molecule has 1 saturated carbocycles. The van der Waals surface area contributed by atoms with Crippen molar-refractivity contribution in [1.82, 2.24) is 0 Å². The molecule has 1 aliphatic carbocycles. The van der Waals surface area contributed by atoms with Crippen LogP contribution in [0.1, 0.15) is 56.3 Å². The van der Waals surface area contributed by atoms with E-state index in [4.69, 9.17) is 9.47 Å². The van der Waals surface area contributed by atoms with E-state index in [0.29, 0.717) is 17.6 Å². The Labute approximate surface area is 144 Å². The average Bonchev–Trinajstić information content (AvgIpc) is 3.13. The molecule has 3 atom stereocenters. The number of rotatable bonds is 2. The van der Waals surface area contributed by atoms with Gasteiger partial charge in [0.25, 0.3) is 0 Å². The number of fused-ring (bicyclic) bond motifs is 3. The molecule has 0 spiro atoms. The summed E-state index contributed by atoms with van der Waals surface area (Å²) >= 11 is 0. The van der Waals surface area contributed by atoms with Crippen LogP contribution in [0.4, 0.5) is 0 Å². The zero-order valence-electron chi connectivity index (χ0n) is 14.7. The molecule has 2 aromatic carbocycles. The van der Waals surface area contributed by atoms with Gasteiger partial charge in [0.05, 0.1) is 7.11 Å². The van der Waals surface area contributed by atoms with Crippen LogP contribution in [0.25, 0.3) is 0 Å². The molecular formula is C21H26O3. The summed E-state index contributed by atoms with van der Waals surface area (Å²) < 4.78 is 11.7. The van der Waals surface area contributed by atoms with E-state index in [1.807, 2.05) is 38.1 Å². The van der Waals surface area contributed by atoms with Crippen molar-refractivity contribution in [3.8, 4) is 17.2 Å². The minimum Gasteiger partial charge on any atom is -0.508 e. The molecule has 0 saturated heterocycles. The van der Waals surface area contributed by atoms with Gasteiger partial charge in [0.15, 0.2) is 0 Å². The van der Waals surface area contributed by atoms with Gasteiger partial charge in [-0.15, -0.1) is 0 Å². The van der Waals surface area contributed by atoms with Crippen LogP contribution in [0, 0.1) is 5.92 Å². The Kier molecular flexibility index (Phi) is 4.98. The van der Waals surface area contributed by atoms with E-state index < -0.39 is 0 Å². The van der Waals surface area contributed by atoms with Crippen molar-refractivity contribution in [1.29, 1.82) is 0 Å². The number of phenolic OH excluding ortho intramolecular Hbond substituents is 1. The van der Waals surface area contributed by atoms with E-state index in [0.717, 1.165) is 17.1 Å². The molecule has 128 valence electrons. The summed E-state index contributed by atoms with van der Waals surface area (Å²) in [5, 5.41) is 9.50. The number of phenols is 1. The maximum atomic E-state index is 9.50. The summed E-state index contributed by atoms with van der Waals surface area (Å²) in [4.78, 5) is 0. The quantitative estimate of drug-likeness (QED) is 0.798. The van der Waals surface area contributed by atoms with Crippen LogP contribution in [-0.2, 0) is 0 Å². The molecule has 1 heterocycles. The highest BCUT2D eigenvalue weighted by atomic mass is 16.5. The predicted molar refractivity (Wildman–Crippen MR) is 95.9 cm³/mol. The standard InChI is InChI=1S/C19H20O3.C2H6/c1-21-14-9-10-18-17(11-14)15-3-2-4-16(15)19(22-18)12-5-7-13(20)8-6-12;1-2/h5-11,15-16,19-20H,2-4H2,1H3;1-2H3. The van der Waals surface area contributed by atoms with E-state index in [1.54, 1.807) is 19.2 Å². The van der Waals surface area contributed by atoms with Gasteiger partial charge >= 0.3 is 0 Å². The van der Waals surface area contributed by atoms with Gasteiger partial charge in [-0.25, -0.2) is 0 Å². The first-order chi connectivity index (χ1) is 11.8. The van der Waals surface area contributed by atoms with Gasteiger partial charge in [0.2, 0.25) is 0 Å². The lowest BCUT2D eigenvalue weighted by Crippen LogP contribution is -2.26. The minimum absolute atomic E-state index is 0.0778. The van der Waals surface area contributed by atoms with Crippen LogP contribution in [0.2, 0.25) is 0 Å². The summed E-state index contributed by atoms with van der Waals surface area (Å²) in [5.74, 6) is 3.22. The Morgan fingerprint density at radius 1 is 1.04 bits per heavy atom. The Bertz CT molecular complexity index is 678. The van der Waals surface area contributed by atoms with Gasteiger partial charge in [-0.3, -0.25) is 0 Å². The molecule has 1 fully saturated rings. The second kappa shape index (κ2) is 7.16. The molecule has 0 amide bonds. The smallest absolute Gasteiger partial charge is 0.127 e. The second-order valence-corrected chi connectivity index (χ2v) is 6.23. The van der Waals surface area contributed by atoms with Crippen LogP contribution in [-0.4, -0.2) is 12.2 Å². The highest BCUT2D eigenvalue weighted by molar-refractivity contribution is 5.46. The van der Waals surface area contributed by atoms with Crippen LogP contribution in [0.5, 0.6) is 17.2 Å². The Balaban J connectivity index is 0.000000815. The van der Waals surface area contributed by atoms with Crippen LogP contribution in [0.3, 0.4) is 0 Å². The lowest BCUT2D eigenvalue weighted by Gasteiger charge is -2.36. The second-order valence-electron chi connectivity index (χ2n) is 6.23. The van der Waals surface area contributed by atoms with Gasteiger partial charge in [0, 0.05) is 11.5 Å². The maximum Gasteiger partial charge on any atom is 0.127 e. The van der Waals surface area contributed by atoms with Crippen LogP contribution < -0.4 is 9.47 Å². The Morgan fingerprint density at radius 3 is 2.50 bits per heavy atom. The first kappa shape index (κ1) is 16.7. The van der Waals surface area contributed by atoms with Crippen LogP contribution in [0.15, 0.2) is 42.5 Å². The van der Waals surface area contributed by atoms with Crippen molar-refractivity contribution in [3.05, 3.63) is 53.6 Å². The summed E-state index contributed by atoms with van der Waals surface area (Å²) in [5.41, 5.74) is 2.44. The summed E-state index contributed by atoms with van der Waals surface area (Å²) in [6.07, 6.45) is 3.72. The summed E-state index contributed by atoms with van der Waals surface area (Å²) in [6, 6.07) is 13.6. The third kappa shape index (κ3) is 2.95. The molecule has 1 aliphatic heterocycles. The van der Waals surface area contributed by atoms with Crippen molar-refractivity contribution in [3.63, 3.8) is 0 Å². The Hall–Kier alpha value is -2.16. The summed E-state index contributed by atoms with van der Waals surface area (Å²) in [6.45, 7) is 4.00. The van der Waals surface area contributed by atoms with Gasteiger partial charge < -0.3 is 14.6 Å². The fourth-order valence-corrected chi connectivity index (χ4v) is 3.99. The Morgan fingerprint density at radius 2 is 1.79 bits per heavy atom. The molecule has 1 N–H and O–H groups in total. The number of benzene rings is 2. The lowest BCUT2D eigenvalue weighted by molar-refractivity contribution is 0.104. The molecule has 3 nitrogen and oxygen atoms in total. The third-order valence-corrected chi connectivity index (χ3v) is 5.05. The predicted octanol–water partition coefficient (Wildman–Crippen LogP) is 5.44. The highest BCUT2D eigenvalue weighted by Gasteiger charge is 2.42. The minimum atomic E-state index is 0.0778. The van der Waals surface area contributed by atoms with E-state index in [1.165, 1.54) is 24.8 Å². The molecule has 3 unspecified atom stereocenters. The fraction of sp³-hybridized carbons (Fsp3) is 0.429. The zero-order chi connectivity index (χ0) is 17.1. The van der Waals surface area contributed by atoms with E-state index in [-0.39, 0.29) is 6.10 Å². The highest BCUT2D eigenvalue weighted by Crippen LogP contribution is 2.54. The van der Waals surface area contributed by atoms with Crippen molar-refractivity contribution in [2.45, 2.75) is 45.1 Å². The largest absolute Gasteiger partial charge is 0.508 e. The number of hydrogen-bond donors (Lipinski definition) is 1. The van der Waals surface area contributed by atoms with Crippen LogP contribution >= 0.6 is 0 Å². The van der Waals surface area contributed by atoms with Gasteiger partial charge in [-0.05, 0) is 54.7 Å². The van der Waals surface area contributed by atoms with Gasteiger partial charge in [-0.2, -0.15) is 0 Å². The topological polar surface area (TPSA) is 38.7 Å². The number of ether oxygens (including phenoxy) is 2. The molecule has 4 rings (SSSR count). The first-order valence-corrected chi connectivity index (χ1v) is 8.90. The maximum absolute atomic E-state index is 9.50. The molecule has 24 heavy (non-hydrogen) atoms. The molecule has 3 heteroatoms. The van der Waals surface area contributed by atoms with E-state index in [2.05, 4.69) is 6.07 Å². The lowest BCUT2D eigenvalue weighted by atomic mass is 9.80. The van der Waals surface area contributed by atoms with E-state index >= 15 is 0 Å². The van der Waals surface area contributed by atoms with Crippen molar-refractivity contribution < 1.29 is 14.6 Å². The SMILES string of the molecule is CC.COc1ccc2c(c1)C1CCCC1C(c1ccc(O)cc1)O2. The molecule has 0 aromatic heterocycles. The third-order valence-electron chi connectivity index (χ3n) is 5.05. The van der Waals surface area contributed by atoms with Gasteiger partial charge in [0.1, 0.15) is 23.4 Å². The van der Waals surface area contributed by atoms with Crippen molar-refractivity contribution >= 4 is 0 Å². The average molecular weight is 326 g/mol. The number of methoxy groups -OCH3 is 1. The molecular weight excluding hydrogens is 300 g/mol.